The number of para-hydroxylation sites is 2. The number of carboxylic acids is 1. The van der Waals surface area contributed by atoms with Crippen molar-refractivity contribution in [2.45, 2.75) is 0 Å². The highest BCUT2D eigenvalue weighted by Crippen LogP contribution is 2.29. The van der Waals surface area contributed by atoms with Gasteiger partial charge in [-0.3, -0.25) is 0 Å². The number of benzene rings is 2. The average molecular weight is 262 g/mol. The number of hydrogen-bond donors (Lipinski definition) is 2. The molecule has 0 aliphatic carbocycles. The molecule has 0 spiro atoms. The van der Waals surface area contributed by atoms with Crippen LogP contribution in [0.25, 0.3) is 32.8 Å². The molecular formula is C16H10N2O2. The number of carboxylic acid groups (broad SMARTS) is 1. The molecule has 2 aromatic carbocycles. The van der Waals surface area contributed by atoms with Crippen LogP contribution in [-0.4, -0.2) is 21.0 Å². The lowest BCUT2D eigenvalue weighted by Crippen LogP contribution is -1.96. The number of rotatable bonds is 1. The Kier molecular flexibility index (Phi) is 2.09. The monoisotopic (exact) mass is 262 g/mol. The van der Waals surface area contributed by atoms with E-state index in [1.807, 2.05) is 36.4 Å². The van der Waals surface area contributed by atoms with Crippen LogP contribution in [0.15, 0.2) is 48.5 Å². The Morgan fingerprint density at radius 2 is 1.90 bits per heavy atom. The normalized spacial score (nSPS) is 11.4. The molecule has 0 bridgehead atoms. The van der Waals surface area contributed by atoms with Gasteiger partial charge in [-0.15, -0.1) is 0 Å². The fourth-order valence-electron chi connectivity index (χ4n) is 2.62. The van der Waals surface area contributed by atoms with Gasteiger partial charge in [0, 0.05) is 16.2 Å². The van der Waals surface area contributed by atoms with Gasteiger partial charge in [0.1, 0.15) is 5.65 Å². The summed E-state index contributed by atoms with van der Waals surface area (Å²) < 4.78 is 0. The number of H-pyrrole nitrogens is 1. The zero-order valence-corrected chi connectivity index (χ0v) is 10.4. The summed E-state index contributed by atoms with van der Waals surface area (Å²) in [5, 5.41) is 12.1. The fourth-order valence-corrected chi connectivity index (χ4v) is 2.62. The molecule has 2 aromatic heterocycles. The van der Waals surface area contributed by atoms with Crippen LogP contribution < -0.4 is 0 Å². The van der Waals surface area contributed by atoms with Crippen LogP contribution in [0.1, 0.15) is 10.4 Å². The lowest BCUT2D eigenvalue weighted by atomic mass is 10.1. The Morgan fingerprint density at radius 3 is 2.75 bits per heavy atom. The molecule has 2 N–H and O–H groups in total. The number of hydrogen-bond acceptors (Lipinski definition) is 2. The maximum atomic E-state index is 11.3. The fraction of sp³-hybridized carbons (Fsp3) is 0. The standard InChI is InChI=1S/C16H10N2O2/c19-16(20)11-6-3-5-10-12-8-9-4-1-2-7-13(9)17-15(12)18-14(10)11/h1-8H,(H,17,18)(H,19,20). The lowest BCUT2D eigenvalue weighted by Gasteiger charge is -1.97. The minimum Gasteiger partial charge on any atom is -0.478 e. The van der Waals surface area contributed by atoms with Gasteiger partial charge in [-0.2, -0.15) is 0 Å². The van der Waals surface area contributed by atoms with Gasteiger partial charge in [-0.25, -0.2) is 9.78 Å². The molecular weight excluding hydrogens is 252 g/mol. The number of aromatic nitrogens is 2. The molecule has 96 valence electrons. The first-order valence-corrected chi connectivity index (χ1v) is 6.27. The highest BCUT2D eigenvalue weighted by Gasteiger charge is 2.13. The quantitative estimate of drug-likeness (QED) is 0.551. The summed E-state index contributed by atoms with van der Waals surface area (Å²) in [5.41, 5.74) is 2.50. The summed E-state index contributed by atoms with van der Waals surface area (Å²) in [7, 11) is 0. The number of fused-ring (bicyclic) bond motifs is 4. The molecule has 4 heteroatoms. The largest absolute Gasteiger partial charge is 0.478 e. The Labute approximate surface area is 113 Å². The highest BCUT2D eigenvalue weighted by molar-refractivity contribution is 6.14. The van der Waals surface area contributed by atoms with Crippen molar-refractivity contribution in [3.63, 3.8) is 0 Å². The van der Waals surface area contributed by atoms with E-state index in [9.17, 15) is 9.90 Å². The number of pyridine rings is 1. The molecule has 0 atom stereocenters. The van der Waals surface area contributed by atoms with Gasteiger partial charge in [0.15, 0.2) is 0 Å². The maximum absolute atomic E-state index is 11.3. The molecule has 4 aromatic rings. The second kappa shape index (κ2) is 3.81. The van der Waals surface area contributed by atoms with E-state index in [0.29, 0.717) is 11.2 Å². The van der Waals surface area contributed by atoms with E-state index in [4.69, 9.17) is 0 Å². The molecule has 2 heterocycles. The molecule has 4 nitrogen and oxygen atoms in total. The summed E-state index contributed by atoms with van der Waals surface area (Å²) in [6, 6.07) is 15.2. The molecule has 0 fully saturated rings. The molecule has 20 heavy (non-hydrogen) atoms. The van der Waals surface area contributed by atoms with Crippen LogP contribution in [0.3, 0.4) is 0 Å². The topological polar surface area (TPSA) is 66.0 Å². The molecule has 0 amide bonds. The summed E-state index contributed by atoms with van der Waals surface area (Å²) in [5.74, 6) is -0.938. The molecule has 0 unspecified atom stereocenters. The Balaban J connectivity index is 2.21. The maximum Gasteiger partial charge on any atom is 0.337 e. The van der Waals surface area contributed by atoms with Crippen molar-refractivity contribution in [2.24, 2.45) is 0 Å². The van der Waals surface area contributed by atoms with Crippen molar-refractivity contribution in [1.82, 2.24) is 9.97 Å². The molecule has 0 aliphatic heterocycles. The van der Waals surface area contributed by atoms with E-state index in [2.05, 4.69) is 9.97 Å². The molecule has 0 aliphatic rings. The van der Waals surface area contributed by atoms with Crippen LogP contribution in [0, 0.1) is 0 Å². The first-order valence-electron chi connectivity index (χ1n) is 6.27. The predicted molar refractivity (Wildman–Crippen MR) is 78.1 cm³/mol. The molecule has 0 saturated heterocycles. The van der Waals surface area contributed by atoms with Crippen molar-refractivity contribution in [3.8, 4) is 0 Å². The van der Waals surface area contributed by atoms with Gasteiger partial charge in [-0.05, 0) is 18.2 Å². The van der Waals surface area contributed by atoms with E-state index in [1.165, 1.54) is 0 Å². The third kappa shape index (κ3) is 1.42. The number of aromatic carboxylic acids is 1. The smallest absolute Gasteiger partial charge is 0.337 e. The first kappa shape index (κ1) is 11.0. The lowest BCUT2D eigenvalue weighted by molar-refractivity contribution is 0.0699. The van der Waals surface area contributed by atoms with Crippen molar-refractivity contribution in [2.75, 3.05) is 0 Å². The number of nitrogens with zero attached hydrogens (tertiary/aromatic N) is 1. The second-order valence-corrected chi connectivity index (χ2v) is 4.74. The van der Waals surface area contributed by atoms with Crippen LogP contribution >= 0.6 is 0 Å². The number of carbonyl (C=O) groups is 1. The molecule has 4 rings (SSSR count). The third-order valence-corrected chi connectivity index (χ3v) is 3.55. The minimum absolute atomic E-state index is 0.268. The van der Waals surface area contributed by atoms with E-state index in [0.717, 1.165) is 21.7 Å². The zero-order chi connectivity index (χ0) is 13.7. The van der Waals surface area contributed by atoms with E-state index in [-0.39, 0.29) is 5.56 Å². The summed E-state index contributed by atoms with van der Waals surface area (Å²) >= 11 is 0. The Bertz CT molecular complexity index is 986. The SMILES string of the molecule is O=C(O)c1cccc2c1[nH]c1nc3ccccc3cc12. The van der Waals surface area contributed by atoms with Gasteiger partial charge >= 0.3 is 5.97 Å². The number of nitrogens with one attached hydrogen (secondary N) is 1. The van der Waals surface area contributed by atoms with Gasteiger partial charge in [0.25, 0.3) is 0 Å². The van der Waals surface area contributed by atoms with Crippen molar-refractivity contribution >= 4 is 38.8 Å². The van der Waals surface area contributed by atoms with Crippen molar-refractivity contribution in [1.29, 1.82) is 0 Å². The molecule has 0 saturated carbocycles. The second-order valence-electron chi connectivity index (χ2n) is 4.74. The van der Waals surface area contributed by atoms with Gasteiger partial charge < -0.3 is 10.1 Å². The highest BCUT2D eigenvalue weighted by atomic mass is 16.4. The summed E-state index contributed by atoms with van der Waals surface area (Å²) in [6.45, 7) is 0. The van der Waals surface area contributed by atoms with E-state index >= 15 is 0 Å². The van der Waals surface area contributed by atoms with Crippen molar-refractivity contribution in [3.05, 3.63) is 54.1 Å². The predicted octanol–water partition coefficient (Wildman–Crippen LogP) is 3.57. The van der Waals surface area contributed by atoms with Crippen LogP contribution in [-0.2, 0) is 0 Å². The average Bonchev–Trinajstić information content (AvgIpc) is 2.82. The summed E-state index contributed by atoms with van der Waals surface area (Å²) in [4.78, 5) is 19.0. The number of aromatic amines is 1. The van der Waals surface area contributed by atoms with Gasteiger partial charge in [-0.1, -0.05) is 30.3 Å². The zero-order valence-electron chi connectivity index (χ0n) is 10.4. The van der Waals surface area contributed by atoms with Gasteiger partial charge in [0.2, 0.25) is 0 Å². The van der Waals surface area contributed by atoms with Crippen LogP contribution in [0.4, 0.5) is 0 Å². The minimum atomic E-state index is -0.938. The van der Waals surface area contributed by atoms with Crippen molar-refractivity contribution < 1.29 is 9.90 Å². The van der Waals surface area contributed by atoms with Gasteiger partial charge in [0.05, 0.1) is 16.6 Å². The van der Waals surface area contributed by atoms with Crippen LogP contribution in [0.2, 0.25) is 0 Å². The Hall–Kier alpha value is -2.88. The van der Waals surface area contributed by atoms with E-state index in [1.54, 1.807) is 12.1 Å². The Morgan fingerprint density at radius 1 is 1.05 bits per heavy atom. The summed E-state index contributed by atoms with van der Waals surface area (Å²) in [6.07, 6.45) is 0. The molecule has 0 radical (unpaired) electrons. The van der Waals surface area contributed by atoms with Crippen LogP contribution in [0.5, 0.6) is 0 Å². The van der Waals surface area contributed by atoms with E-state index < -0.39 is 5.97 Å². The first-order chi connectivity index (χ1) is 9.74. The third-order valence-electron chi connectivity index (χ3n) is 3.55.